The monoisotopic (exact) mass is 250 g/mol. The molecule has 0 radical (unpaired) electrons. The minimum Gasteiger partial charge on any atom is -0.374 e. The predicted octanol–water partition coefficient (Wildman–Crippen LogP) is 3.04. The molecule has 1 saturated carbocycles. The third-order valence-corrected chi connectivity index (χ3v) is 4.06. The first-order chi connectivity index (χ1) is 8.65. The molecule has 3 heteroatoms. The lowest BCUT2D eigenvalue weighted by atomic mass is 9.85. The molecule has 1 fully saturated rings. The van der Waals surface area contributed by atoms with Crippen LogP contribution in [-0.2, 0) is 0 Å². The summed E-state index contributed by atoms with van der Waals surface area (Å²) in [6.07, 6.45) is 5.25. The number of nitrogens with one attached hydrogen (secondary N) is 1. The Morgan fingerprint density at radius 1 is 1.22 bits per heavy atom. The quantitative estimate of drug-likeness (QED) is 0.864. The lowest BCUT2D eigenvalue weighted by Gasteiger charge is -2.34. The molecule has 0 aromatic heterocycles. The number of benzene rings is 1. The van der Waals surface area contributed by atoms with Crippen LogP contribution in [0.1, 0.15) is 25.7 Å². The van der Waals surface area contributed by atoms with Crippen molar-refractivity contribution >= 4 is 5.69 Å². The van der Waals surface area contributed by atoms with Gasteiger partial charge in [-0.25, -0.2) is 4.39 Å². The van der Waals surface area contributed by atoms with Gasteiger partial charge in [-0.15, -0.1) is 0 Å². The van der Waals surface area contributed by atoms with Gasteiger partial charge in [-0.1, -0.05) is 12.8 Å². The molecule has 0 heterocycles. The van der Waals surface area contributed by atoms with Crippen molar-refractivity contribution < 1.29 is 4.39 Å². The summed E-state index contributed by atoms with van der Waals surface area (Å²) in [5.74, 6) is -0.169. The number of halogens is 1. The molecule has 0 aliphatic heterocycles. The van der Waals surface area contributed by atoms with E-state index >= 15 is 0 Å². The molecule has 2 rings (SSSR count). The molecule has 0 spiro atoms. The van der Waals surface area contributed by atoms with Crippen LogP contribution in [0.2, 0.25) is 0 Å². The van der Waals surface area contributed by atoms with Crippen LogP contribution in [0.5, 0.6) is 0 Å². The highest BCUT2D eigenvalue weighted by Crippen LogP contribution is 2.38. The molecule has 18 heavy (non-hydrogen) atoms. The summed E-state index contributed by atoms with van der Waals surface area (Å²) in [6, 6.07) is 6.78. The van der Waals surface area contributed by atoms with Crippen molar-refractivity contribution in [3.05, 3.63) is 30.1 Å². The molecule has 100 valence electrons. The van der Waals surface area contributed by atoms with E-state index in [2.05, 4.69) is 17.3 Å². The SMILES string of the molecule is CNCC1(CN(C)c2ccc(F)cc2)CCCC1. The average molecular weight is 250 g/mol. The highest BCUT2D eigenvalue weighted by Gasteiger charge is 2.34. The number of hydrogen-bond donors (Lipinski definition) is 1. The summed E-state index contributed by atoms with van der Waals surface area (Å²) in [5, 5.41) is 3.33. The number of rotatable bonds is 5. The Hall–Kier alpha value is -1.09. The Bertz CT molecular complexity index is 369. The normalized spacial score (nSPS) is 17.9. The molecule has 1 aromatic carbocycles. The number of nitrogens with zero attached hydrogens (tertiary/aromatic N) is 1. The zero-order chi connectivity index (χ0) is 13.0. The minimum atomic E-state index is -0.169. The van der Waals surface area contributed by atoms with Crippen LogP contribution in [0.15, 0.2) is 24.3 Å². The summed E-state index contributed by atoms with van der Waals surface area (Å²) >= 11 is 0. The molecule has 0 unspecified atom stereocenters. The van der Waals surface area contributed by atoms with E-state index in [1.54, 1.807) is 0 Å². The summed E-state index contributed by atoms with van der Waals surface area (Å²) in [6.45, 7) is 2.11. The second-order valence-corrected chi connectivity index (χ2v) is 5.57. The van der Waals surface area contributed by atoms with Crippen LogP contribution in [0.3, 0.4) is 0 Å². The molecule has 1 aliphatic rings. The van der Waals surface area contributed by atoms with Crippen LogP contribution in [-0.4, -0.2) is 27.2 Å². The third kappa shape index (κ3) is 3.02. The molecule has 1 aliphatic carbocycles. The zero-order valence-corrected chi connectivity index (χ0v) is 11.4. The smallest absolute Gasteiger partial charge is 0.123 e. The van der Waals surface area contributed by atoms with E-state index in [0.717, 1.165) is 18.8 Å². The molecule has 1 aromatic rings. The predicted molar refractivity (Wildman–Crippen MR) is 74.5 cm³/mol. The van der Waals surface area contributed by atoms with Gasteiger partial charge < -0.3 is 10.2 Å². The van der Waals surface area contributed by atoms with Crippen molar-refractivity contribution in [2.45, 2.75) is 25.7 Å². The Labute approximate surface area is 109 Å². The highest BCUT2D eigenvalue weighted by molar-refractivity contribution is 5.45. The van der Waals surface area contributed by atoms with Gasteiger partial charge in [0.1, 0.15) is 5.82 Å². The number of hydrogen-bond acceptors (Lipinski definition) is 2. The molecule has 2 nitrogen and oxygen atoms in total. The topological polar surface area (TPSA) is 15.3 Å². The summed E-state index contributed by atoms with van der Waals surface area (Å²) in [7, 11) is 4.13. The van der Waals surface area contributed by atoms with Gasteiger partial charge in [-0.05, 0) is 44.2 Å². The van der Waals surface area contributed by atoms with Gasteiger partial charge in [0.15, 0.2) is 0 Å². The molecule has 0 atom stereocenters. The fourth-order valence-electron chi connectivity index (χ4n) is 3.18. The first-order valence-corrected chi connectivity index (χ1v) is 6.77. The molecule has 0 amide bonds. The van der Waals surface area contributed by atoms with Crippen molar-refractivity contribution in [3.63, 3.8) is 0 Å². The van der Waals surface area contributed by atoms with Crippen LogP contribution < -0.4 is 10.2 Å². The van der Waals surface area contributed by atoms with E-state index < -0.39 is 0 Å². The Balaban J connectivity index is 2.04. The molecule has 1 N–H and O–H groups in total. The van der Waals surface area contributed by atoms with Gasteiger partial charge in [-0.2, -0.15) is 0 Å². The summed E-state index contributed by atoms with van der Waals surface area (Å²) in [5.41, 5.74) is 1.48. The van der Waals surface area contributed by atoms with Crippen LogP contribution in [0.4, 0.5) is 10.1 Å². The Morgan fingerprint density at radius 3 is 2.39 bits per heavy atom. The van der Waals surface area contributed by atoms with E-state index in [4.69, 9.17) is 0 Å². The summed E-state index contributed by atoms with van der Waals surface area (Å²) < 4.78 is 12.9. The molecule has 0 bridgehead atoms. The molecular formula is C15H23FN2. The van der Waals surface area contributed by atoms with Gasteiger partial charge >= 0.3 is 0 Å². The maximum atomic E-state index is 12.9. The van der Waals surface area contributed by atoms with Gasteiger partial charge in [0.2, 0.25) is 0 Å². The van der Waals surface area contributed by atoms with Crippen molar-refractivity contribution in [2.75, 3.05) is 32.1 Å². The van der Waals surface area contributed by atoms with E-state index in [0.29, 0.717) is 5.41 Å². The van der Waals surface area contributed by atoms with Crippen molar-refractivity contribution in [2.24, 2.45) is 5.41 Å². The van der Waals surface area contributed by atoms with Gasteiger partial charge in [0.05, 0.1) is 0 Å². The van der Waals surface area contributed by atoms with Crippen molar-refractivity contribution in [1.82, 2.24) is 5.32 Å². The summed E-state index contributed by atoms with van der Waals surface area (Å²) in [4.78, 5) is 2.25. The van der Waals surface area contributed by atoms with Gasteiger partial charge in [-0.3, -0.25) is 0 Å². The van der Waals surface area contributed by atoms with Crippen LogP contribution in [0, 0.1) is 11.2 Å². The van der Waals surface area contributed by atoms with E-state index in [1.165, 1.54) is 37.8 Å². The second kappa shape index (κ2) is 5.70. The van der Waals surface area contributed by atoms with Crippen LogP contribution >= 0.6 is 0 Å². The van der Waals surface area contributed by atoms with Crippen molar-refractivity contribution in [3.8, 4) is 0 Å². The maximum Gasteiger partial charge on any atom is 0.123 e. The third-order valence-electron chi connectivity index (χ3n) is 4.06. The highest BCUT2D eigenvalue weighted by atomic mass is 19.1. The number of anilines is 1. The first kappa shape index (κ1) is 13.3. The van der Waals surface area contributed by atoms with Gasteiger partial charge in [0, 0.05) is 31.2 Å². The largest absolute Gasteiger partial charge is 0.374 e. The fraction of sp³-hybridized carbons (Fsp3) is 0.600. The zero-order valence-electron chi connectivity index (χ0n) is 11.4. The Morgan fingerprint density at radius 2 is 1.83 bits per heavy atom. The minimum absolute atomic E-state index is 0.169. The van der Waals surface area contributed by atoms with Crippen molar-refractivity contribution in [1.29, 1.82) is 0 Å². The van der Waals surface area contributed by atoms with E-state index in [-0.39, 0.29) is 5.82 Å². The lowest BCUT2D eigenvalue weighted by molar-refractivity contribution is 0.295. The first-order valence-electron chi connectivity index (χ1n) is 6.77. The van der Waals surface area contributed by atoms with Crippen LogP contribution in [0.25, 0.3) is 0 Å². The van der Waals surface area contributed by atoms with Gasteiger partial charge in [0.25, 0.3) is 0 Å². The second-order valence-electron chi connectivity index (χ2n) is 5.57. The molecular weight excluding hydrogens is 227 g/mol. The molecule has 0 saturated heterocycles. The lowest BCUT2D eigenvalue weighted by Crippen LogP contribution is -2.40. The Kier molecular flexibility index (Phi) is 4.23. The van der Waals surface area contributed by atoms with E-state index in [1.807, 2.05) is 19.2 Å². The standard InChI is InChI=1S/C15H23FN2/c1-17-11-15(9-3-4-10-15)12-18(2)14-7-5-13(16)6-8-14/h5-8,17H,3-4,9-12H2,1-2H3. The average Bonchev–Trinajstić information content (AvgIpc) is 2.79. The maximum absolute atomic E-state index is 12.9. The fourth-order valence-corrected chi connectivity index (χ4v) is 3.18. The van der Waals surface area contributed by atoms with E-state index in [9.17, 15) is 4.39 Å².